The summed E-state index contributed by atoms with van der Waals surface area (Å²) >= 11 is 0. The number of carbonyl (C=O) groups excluding carboxylic acids is 2. The van der Waals surface area contributed by atoms with Gasteiger partial charge in [-0.2, -0.15) is 0 Å². The van der Waals surface area contributed by atoms with Crippen LogP contribution in [0.1, 0.15) is 12.5 Å². The van der Waals surface area contributed by atoms with E-state index in [9.17, 15) is 9.59 Å². The third kappa shape index (κ3) is 6.00. The molecule has 0 saturated carbocycles. The van der Waals surface area contributed by atoms with Crippen molar-refractivity contribution in [2.45, 2.75) is 19.5 Å². The van der Waals surface area contributed by atoms with Gasteiger partial charge in [-0.25, -0.2) is 4.79 Å². The Bertz CT molecular complexity index is 579. The van der Waals surface area contributed by atoms with E-state index in [4.69, 9.17) is 0 Å². The number of nitrogens with zero attached hydrogens (tertiary/aromatic N) is 3. The number of carbonyl (C=O) groups is 2. The fraction of sp³-hybridized carbons (Fsp3) is 0.579. The predicted molar refractivity (Wildman–Crippen MR) is 103 cm³/mol. The summed E-state index contributed by atoms with van der Waals surface area (Å²) in [6.45, 7) is 6.41. The van der Waals surface area contributed by atoms with Crippen molar-refractivity contribution in [2.75, 3.05) is 53.4 Å². The van der Waals surface area contributed by atoms with Gasteiger partial charge in [-0.15, -0.1) is 0 Å². The van der Waals surface area contributed by atoms with Gasteiger partial charge >= 0.3 is 6.03 Å². The fourth-order valence-electron chi connectivity index (χ4n) is 3.07. The smallest absolute Gasteiger partial charge is 0.318 e. The maximum atomic E-state index is 12.7. The summed E-state index contributed by atoms with van der Waals surface area (Å²) in [4.78, 5) is 31.0. The molecule has 1 heterocycles. The maximum Gasteiger partial charge on any atom is 0.318 e. The number of likely N-dealkylation sites (N-methyl/N-ethyl adjacent to an activating group) is 1. The molecular formula is C19H31N5O2. The lowest BCUT2D eigenvalue weighted by molar-refractivity contribution is -0.127. The standard InChI is InChI=1S/C19H31N5O2/c1-4-20-19(26)24-13-12-23(14-16-8-6-5-7-9-16)15-17(24)18(25)21-10-11-22(2)3/h5-9,17H,4,10-15H2,1-3H3,(H,20,26)(H,21,25). The van der Waals surface area contributed by atoms with Crippen molar-refractivity contribution in [3.63, 3.8) is 0 Å². The van der Waals surface area contributed by atoms with Gasteiger partial charge in [-0.3, -0.25) is 9.69 Å². The van der Waals surface area contributed by atoms with E-state index < -0.39 is 6.04 Å². The van der Waals surface area contributed by atoms with Crippen LogP contribution < -0.4 is 10.6 Å². The van der Waals surface area contributed by atoms with Gasteiger partial charge in [-0.05, 0) is 26.6 Å². The summed E-state index contributed by atoms with van der Waals surface area (Å²) in [6, 6.07) is 9.57. The van der Waals surface area contributed by atoms with Crippen LogP contribution >= 0.6 is 0 Å². The Morgan fingerprint density at radius 2 is 1.88 bits per heavy atom. The Kier molecular flexibility index (Phi) is 7.87. The molecule has 2 rings (SSSR count). The molecule has 0 spiro atoms. The molecule has 7 nitrogen and oxygen atoms in total. The van der Waals surface area contributed by atoms with Crippen molar-refractivity contribution >= 4 is 11.9 Å². The zero-order valence-corrected chi connectivity index (χ0v) is 16.1. The van der Waals surface area contributed by atoms with Gasteiger partial charge in [0.2, 0.25) is 5.91 Å². The number of hydrogen-bond donors (Lipinski definition) is 2. The fourth-order valence-corrected chi connectivity index (χ4v) is 3.07. The number of benzene rings is 1. The average molecular weight is 361 g/mol. The van der Waals surface area contributed by atoms with Crippen molar-refractivity contribution in [1.29, 1.82) is 0 Å². The third-order valence-electron chi connectivity index (χ3n) is 4.46. The maximum absolute atomic E-state index is 12.7. The van der Waals surface area contributed by atoms with Crippen LogP contribution in [-0.4, -0.2) is 86.0 Å². The Morgan fingerprint density at radius 1 is 1.15 bits per heavy atom. The second-order valence-electron chi connectivity index (χ2n) is 6.86. The molecule has 1 saturated heterocycles. The number of rotatable bonds is 7. The molecule has 1 aromatic rings. The summed E-state index contributed by atoms with van der Waals surface area (Å²) in [6.07, 6.45) is 0. The topological polar surface area (TPSA) is 67.9 Å². The molecule has 144 valence electrons. The lowest BCUT2D eigenvalue weighted by Gasteiger charge is -2.40. The van der Waals surface area contributed by atoms with Gasteiger partial charge in [-0.1, -0.05) is 30.3 Å². The van der Waals surface area contributed by atoms with Crippen LogP contribution in [0.4, 0.5) is 4.79 Å². The van der Waals surface area contributed by atoms with Crippen molar-refractivity contribution in [1.82, 2.24) is 25.3 Å². The Balaban J connectivity index is 2.02. The molecule has 0 aromatic heterocycles. The Labute approximate surface area is 156 Å². The molecule has 0 radical (unpaired) electrons. The van der Waals surface area contributed by atoms with E-state index >= 15 is 0 Å². The van der Waals surface area contributed by atoms with Crippen LogP contribution in [0.2, 0.25) is 0 Å². The van der Waals surface area contributed by atoms with Crippen molar-refractivity contribution < 1.29 is 9.59 Å². The Hall–Kier alpha value is -2.12. The highest BCUT2D eigenvalue weighted by Gasteiger charge is 2.35. The lowest BCUT2D eigenvalue weighted by Crippen LogP contribution is -2.62. The van der Waals surface area contributed by atoms with Crippen molar-refractivity contribution in [3.8, 4) is 0 Å². The number of piperazine rings is 1. The summed E-state index contributed by atoms with van der Waals surface area (Å²) in [7, 11) is 3.94. The van der Waals surface area contributed by atoms with E-state index in [2.05, 4.69) is 27.7 Å². The second kappa shape index (κ2) is 10.1. The van der Waals surface area contributed by atoms with E-state index in [1.54, 1.807) is 4.90 Å². The molecule has 1 aliphatic heterocycles. The molecule has 1 aliphatic rings. The zero-order chi connectivity index (χ0) is 18.9. The van der Waals surface area contributed by atoms with Gasteiger partial charge in [0.15, 0.2) is 0 Å². The van der Waals surface area contributed by atoms with E-state index in [0.717, 1.165) is 19.6 Å². The lowest BCUT2D eigenvalue weighted by atomic mass is 10.1. The van der Waals surface area contributed by atoms with Gasteiger partial charge in [0, 0.05) is 45.8 Å². The molecule has 3 amide bonds. The monoisotopic (exact) mass is 361 g/mol. The second-order valence-corrected chi connectivity index (χ2v) is 6.86. The van der Waals surface area contributed by atoms with Gasteiger partial charge < -0.3 is 20.4 Å². The molecule has 0 aliphatic carbocycles. The van der Waals surface area contributed by atoms with Gasteiger partial charge in [0.1, 0.15) is 6.04 Å². The van der Waals surface area contributed by atoms with Gasteiger partial charge in [0.05, 0.1) is 0 Å². The molecule has 1 atom stereocenters. The Morgan fingerprint density at radius 3 is 2.54 bits per heavy atom. The summed E-state index contributed by atoms with van der Waals surface area (Å²) in [5.41, 5.74) is 1.21. The SMILES string of the molecule is CCNC(=O)N1CCN(Cc2ccccc2)CC1C(=O)NCCN(C)C. The molecule has 0 bridgehead atoms. The molecule has 1 unspecified atom stereocenters. The number of urea groups is 1. The molecule has 7 heteroatoms. The van der Waals surface area contributed by atoms with Crippen LogP contribution in [0.15, 0.2) is 30.3 Å². The highest BCUT2D eigenvalue weighted by molar-refractivity contribution is 5.87. The number of amides is 3. The minimum absolute atomic E-state index is 0.0872. The highest BCUT2D eigenvalue weighted by atomic mass is 16.2. The quantitative estimate of drug-likeness (QED) is 0.746. The first-order chi connectivity index (χ1) is 12.5. The first-order valence-electron chi connectivity index (χ1n) is 9.24. The zero-order valence-electron chi connectivity index (χ0n) is 16.1. The molecule has 2 N–H and O–H groups in total. The minimum atomic E-state index is -0.471. The van der Waals surface area contributed by atoms with E-state index in [-0.39, 0.29) is 11.9 Å². The van der Waals surface area contributed by atoms with E-state index in [1.807, 2.05) is 44.1 Å². The first-order valence-corrected chi connectivity index (χ1v) is 9.24. The van der Waals surface area contributed by atoms with E-state index in [1.165, 1.54) is 5.56 Å². The van der Waals surface area contributed by atoms with Crippen LogP contribution in [-0.2, 0) is 11.3 Å². The largest absolute Gasteiger partial charge is 0.353 e. The normalized spacial score (nSPS) is 18.0. The summed E-state index contributed by atoms with van der Waals surface area (Å²) in [5.74, 6) is -0.0872. The summed E-state index contributed by atoms with van der Waals surface area (Å²) < 4.78 is 0. The third-order valence-corrected chi connectivity index (χ3v) is 4.46. The number of hydrogen-bond acceptors (Lipinski definition) is 4. The van der Waals surface area contributed by atoms with Gasteiger partial charge in [0.25, 0.3) is 0 Å². The summed E-state index contributed by atoms with van der Waals surface area (Å²) in [5, 5.41) is 5.79. The van der Waals surface area contributed by atoms with Crippen LogP contribution in [0.25, 0.3) is 0 Å². The van der Waals surface area contributed by atoms with Crippen LogP contribution in [0.3, 0.4) is 0 Å². The average Bonchev–Trinajstić information content (AvgIpc) is 2.62. The van der Waals surface area contributed by atoms with E-state index in [0.29, 0.717) is 26.2 Å². The molecular weight excluding hydrogens is 330 g/mol. The minimum Gasteiger partial charge on any atom is -0.353 e. The number of nitrogens with one attached hydrogen (secondary N) is 2. The van der Waals surface area contributed by atoms with Crippen LogP contribution in [0, 0.1) is 0 Å². The molecule has 1 aromatic carbocycles. The molecule has 26 heavy (non-hydrogen) atoms. The van der Waals surface area contributed by atoms with Crippen molar-refractivity contribution in [2.24, 2.45) is 0 Å². The highest BCUT2D eigenvalue weighted by Crippen LogP contribution is 2.14. The molecule has 1 fully saturated rings. The van der Waals surface area contributed by atoms with Crippen molar-refractivity contribution in [3.05, 3.63) is 35.9 Å². The predicted octanol–water partition coefficient (Wildman–Crippen LogP) is 0.580. The first kappa shape index (κ1) is 20.2. The van der Waals surface area contributed by atoms with Crippen LogP contribution in [0.5, 0.6) is 0 Å².